The first-order valence-corrected chi connectivity index (χ1v) is 10.3. The van der Waals surface area contributed by atoms with Crippen LogP contribution < -0.4 is 4.90 Å². The van der Waals surface area contributed by atoms with E-state index in [0.29, 0.717) is 24.2 Å². The molecule has 1 unspecified atom stereocenters. The highest BCUT2D eigenvalue weighted by Crippen LogP contribution is 2.35. The van der Waals surface area contributed by atoms with Gasteiger partial charge in [-0.3, -0.25) is 19.8 Å². The molecule has 0 saturated carbocycles. The van der Waals surface area contributed by atoms with Crippen molar-refractivity contribution in [3.8, 4) is 0 Å². The molecule has 1 aliphatic heterocycles. The van der Waals surface area contributed by atoms with Crippen LogP contribution in [-0.4, -0.2) is 35.1 Å². The monoisotopic (exact) mass is 415 g/mol. The number of para-hydroxylation sites is 1. The summed E-state index contributed by atoms with van der Waals surface area (Å²) in [6.45, 7) is 5.19. The minimum atomic E-state index is -0.659. The first kappa shape index (κ1) is 19.5. The zero-order valence-electron chi connectivity index (χ0n) is 16.2. The van der Waals surface area contributed by atoms with Gasteiger partial charge in [-0.15, -0.1) is 0 Å². The zero-order valence-corrected chi connectivity index (χ0v) is 17.0. The smallest absolute Gasteiger partial charge is 0.395 e. The molecule has 4 rings (SSSR count). The molecule has 29 heavy (non-hydrogen) atoms. The Morgan fingerprint density at radius 1 is 1.38 bits per heavy atom. The number of furan rings is 1. The summed E-state index contributed by atoms with van der Waals surface area (Å²) in [5.74, 6) is -0.711. The predicted molar refractivity (Wildman–Crippen MR) is 110 cm³/mol. The highest BCUT2D eigenvalue weighted by molar-refractivity contribution is 7.22. The van der Waals surface area contributed by atoms with Crippen molar-refractivity contribution in [1.29, 1.82) is 0 Å². The molecule has 1 saturated heterocycles. The summed E-state index contributed by atoms with van der Waals surface area (Å²) in [7, 11) is 0. The van der Waals surface area contributed by atoms with Crippen molar-refractivity contribution >= 4 is 38.5 Å². The number of hydrogen-bond acceptors (Lipinski definition) is 7. The van der Waals surface area contributed by atoms with E-state index in [4.69, 9.17) is 14.1 Å². The van der Waals surface area contributed by atoms with Crippen molar-refractivity contribution in [2.24, 2.45) is 0 Å². The fourth-order valence-electron chi connectivity index (χ4n) is 3.45. The van der Waals surface area contributed by atoms with Crippen LogP contribution >= 0.6 is 11.3 Å². The first-order valence-electron chi connectivity index (χ1n) is 9.51. The van der Waals surface area contributed by atoms with E-state index in [2.05, 4.69) is 13.8 Å². The summed E-state index contributed by atoms with van der Waals surface area (Å²) >= 11 is 1.42. The van der Waals surface area contributed by atoms with Crippen LogP contribution in [0.15, 0.2) is 34.7 Å². The molecule has 1 aromatic carbocycles. The molecule has 1 atom stereocenters. The zero-order chi connectivity index (χ0) is 20.5. The van der Waals surface area contributed by atoms with Gasteiger partial charge in [-0.1, -0.05) is 37.3 Å². The van der Waals surface area contributed by atoms with Crippen LogP contribution in [0.3, 0.4) is 0 Å². The maximum Gasteiger partial charge on any atom is 0.433 e. The average Bonchev–Trinajstić information content (AvgIpc) is 3.45. The van der Waals surface area contributed by atoms with Crippen molar-refractivity contribution < 1.29 is 18.9 Å². The minimum Gasteiger partial charge on any atom is -0.395 e. The van der Waals surface area contributed by atoms with Gasteiger partial charge in [0.2, 0.25) is 0 Å². The normalized spacial score (nSPS) is 16.6. The number of amides is 1. The van der Waals surface area contributed by atoms with Gasteiger partial charge >= 0.3 is 5.88 Å². The highest BCUT2D eigenvalue weighted by atomic mass is 32.1. The first-order chi connectivity index (χ1) is 13.9. The summed E-state index contributed by atoms with van der Waals surface area (Å²) in [4.78, 5) is 29.7. The molecule has 9 heteroatoms. The van der Waals surface area contributed by atoms with E-state index < -0.39 is 16.7 Å². The van der Waals surface area contributed by atoms with E-state index in [1.807, 2.05) is 18.2 Å². The number of rotatable bonds is 6. The van der Waals surface area contributed by atoms with Crippen molar-refractivity contribution in [3.05, 3.63) is 51.8 Å². The van der Waals surface area contributed by atoms with Crippen molar-refractivity contribution in [3.63, 3.8) is 0 Å². The van der Waals surface area contributed by atoms with Gasteiger partial charge in [-0.05, 0) is 36.5 Å². The molecule has 1 fully saturated rings. The third-order valence-corrected chi connectivity index (χ3v) is 5.97. The molecule has 8 nitrogen and oxygen atoms in total. The molecule has 2 aromatic heterocycles. The number of aromatic nitrogens is 1. The summed E-state index contributed by atoms with van der Waals surface area (Å²) in [6.07, 6.45) is 1.70. The van der Waals surface area contributed by atoms with E-state index in [9.17, 15) is 14.9 Å². The third-order valence-electron chi connectivity index (χ3n) is 4.93. The Labute approximate surface area is 171 Å². The predicted octanol–water partition coefficient (Wildman–Crippen LogP) is 4.75. The molecule has 3 aromatic rings. The molecular weight excluding hydrogens is 394 g/mol. The average molecular weight is 415 g/mol. The number of fused-ring (bicyclic) bond motifs is 1. The second kappa shape index (κ2) is 7.92. The van der Waals surface area contributed by atoms with Crippen LogP contribution in [0, 0.1) is 10.1 Å². The van der Waals surface area contributed by atoms with Gasteiger partial charge in [0, 0.05) is 6.61 Å². The standard InChI is InChI=1S/C20H21N3O5S/c1-12(2)14-6-3-7-16-18(14)21-20(29-16)22(11-13-5-4-10-27-13)19(24)15-8-9-17(28-15)23(25)26/h3,6-9,12-13H,4-5,10-11H2,1-2H3. The van der Waals surface area contributed by atoms with E-state index in [0.717, 1.165) is 28.6 Å². The van der Waals surface area contributed by atoms with Gasteiger partial charge < -0.3 is 9.15 Å². The van der Waals surface area contributed by atoms with Crippen LogP contribution in [0.1, 0.15) is 48.7 Å². The Balaban J connectivity index is 1.73. The topological polar surface area (TPSA) is 98.7 Å². The quantitative estimate of drug-likeness (QED) is 0.426. The minimum absolute atomic E-state index is 0.0852. The van der Waals surface area contributed by atoms with Gasteiger partial charge in [-0.2, -0.15) is 0 Å². The van der Waals surface area contributed by atoms with Crippen molar-refractivity contribution in [2.45, 2.75) is 38.7 Å². The lowest BCUT2D eigenvalue weighted by Gasteiger charge is -2.21. The van der Waals surface area contributed by atoms with Crippen LogP contribution in [-0.2, 0) is 4.74 Å². The van der Waals surface area contributed by atoms with Gasteiger partial charge in [0.1, 0.15) is 4.92 Å². The van der Waals surface area contributed by atoms with E-state index >= 15 is 0 Å². The SMILES string of the molecule is CC(C)c1cccc2sc(N(CC3CCCO3)C(=O)c3ccc([N+](=O)[O-])o3)nc12. The molecule has 1 amide bonds. The Morgan fingerprint density at radius 2 is 2.21 bits per heavy atom. The Morgan fingerprint density at radius 3 is 2.86 bits per heavy atom. The molecule has 152 valence electrons. The van der Waals surface area contributed by atoms with Crippen molar-refractivity contribution in [1.82, 2.24) is 4.98 Å². The van der Waals surface area contributed by atoms with Gasteiger partial charge in [-0.25, -0.2) is 4.98 Å². The maximum absolute atomic E-state index is 13.2. The molecular formula is C20H21N3O5S. The van der Waals surface area contributed by atoms with Crippen LogP contribution in [0.25, 0.3) is 10.2 Å². The van der Waals surface area contributed by atoms with Gasteiger partial charge in [0.15, 0.2) is 10.9 Å². The lowest BCUT2D eigenvalue weighted by atomic mass is 10.0. The highest BCUT2D eigenvalue weighted by Gasteiger charge is 2.30. The molecule has 0 spiro atoms. The summed E-state index contributed by atoms with van der Waals surface area (Å²) in [5.41, 5.74) is 1.99. The summed E-state index contributed by atoms with van der Waals surface area (Å²) < 4.78 is 11.9. The lowest BCUT2D eigenvalue weighted by Crippen LogP contribution is -2.37. The van der Waals surface area contributed by atoms with Gasteiger partial charge in [0.25, 0.3) is 5.91 Å². The number of anilines is 1. The van der Waals surface area contributed by atoms with E-state index in [1.54, 1.807) is 0 Å². The number of thiazole rings is 1. The Kier molecular flexibility index (Phi) is 5.33. The Bertz CT molecular complexity index is 1050. The molecule has 3 heterocycles. The molecule has 1 aliphatic rings. The summed E-state index contributed by atoms with van der Waals surface area (Å²) in [5, 5.41) is 11.5. The molecule has 0 aliphatic carbocycles. The Hall–Kier alpha value is -2.78. The largest absolute Gasteiger partial charge is 0.433 e. The number of benzene rings is 1. The molecule has 0 radical (unpaired) electrons. The maximum atomic E-state index is 13.2. The number of hydrogen-bond donors (Lipinski definition) is 0. The van der Waals surface area contributed by atoms with E-state index in [1.165, 1.54) is 28.4 Å². The number of nitro groups is 1. The summed E-state index contributed by atoms with van der Waals surface area (Å²) in [6, 6.07) is 8.53. The fourth-order valence-corrected chi connectivity index (χ4v) is 4.46. The second-order valence-electron chi connectivity index (χ2n) is 7.29. The number of ether oxygens (including phenoxy) is 1. The lowest BCUT2D eigenvalue weighted by molar-refractivity contribution is -0.402. The number of carbonyl (C=O) groups is 1. The molecule has 0 bridgehead atoms. The second-order valence-corrected chi connectivity index (χ2v) is 8.30. The number of carbonyl (C=O) groups excluding carboxylic acids is 1. The van der Waals surface area contributed by atoms with Crippen LogP contribution in [0.2, 0.25) is 0 Å². The van der Waals surface area contributed by atoms with Crippen molar-refractivity contribution in [2.75, 3.05) is 18.1 Å². The number of nitrogens with zero attached hydrogens (tertiary/aromatic N) is 3. The molecule has 0 N–H and O–H groups in total. The fraction of sp³-hybridized carbons (Fsp3) is 0.400. The third kappa shape index (κ3) is 3.88. The van der Waals surface area contributed by atoms with E-state index in [-0.39, 0.29) is 11.9 Å². The van der Waals surface area contributed by atoms with Crippen LogP contribution in [0.4, 0.5) is 11.0 Å². The van der Waals surface area contributed by atoms with Crippen LogP contribution in [0.5, 0.6) is 0 Å². The van der Waals surface area contributed by atoms with Gasteiger partial charge in [0.05, 0.1) is 28.9 Å².